The Labute approximate surface area is 132 Å². The van der Waals surface area contributed by atoms with Crippen LogP contribution in [0.3, 0.4) is 0 Å². The summed E-state index contributed by atoms with van der Waals surface area (Å²) in [5, 5.41) is 1.24. The van der Waals surface area contributed by atoms with Gasteiger partial charge in [-0.1, -0.05) is 11.6 Å². The molecule has 0 aliphatic heterocycles. The van der Waals surface area contributed by atoms with Crippen LogP contribution in [-0.4, -0.2) is 17.9 Å². The fraction of sp³-hybridized carbons (Fsp3) is 0.0588. The van der Waals surface area contributed by atoms with E-state index in [0.29, 0.717) is 16.5 Å². The number of ketones is 1. The summed E-state index contributed by atoms with van der Waals surface area (Å²) in [6.45, 7) is 0. The highest BCUT2D eigenvalue weighted by Gasteiger charge is 2.07. The normalized spacial score (nSPS) is 11.2. The summed E-state index contributed by atoms with van der Waals surface area (Å²) >= 11 is 6.17. The summed E-state index contributed by atoms with van der Waals surface area (Å²) in [4.78, 5) is 16.2. The zero-order valence-electron chi connectivity index (χ0n) is 11.7. The van der Waals surface area contributed by atoms with Crippen LogP contribution in [0.5, 0.6) is 5.75 Å². The number of benzene rings is 1. The molecule has 0 aliphatic rings. The molecule has 0 amide bonds. The Morgan fingerprint density at radius 3 is 2.91 bits per heavy atom. The summed E-state index contributed by atoms with van der Waals surface area (Å²) in [6.07, 6.45) is 4.50. The van der Waals surface area contributed by atoms with Crippen molar-refractivity contribution in [2.75, 3.05) is 7.11 Å². The van der Waals surface area contributed by atoms with E-state index in [9.17, 15) is 4.79 Å². The van der Waals surface area contributed by atoms with E-state index >= 15 is 0 Å². The van der Waals surface area contributed by atoms with Crippen molar-refractivity contribution in [2.24, 2.45) is 0 Å². The number of allylic oxidation sites excluding steroid dienone is 1. The van der Waals surface area contributed by atoms with Crippen molar-refractivity contribution in [3.63, 3.8) is 0 Å². The van der Waals surface area contributed by atoms with Gasteiger partial charge in [-0.3, -0.25) is 4.79 Å². The van der Waals surface area contributed by atoms with Gasteiger partial charge in [0.1, 0.15) is 10.9 Å². The van der Waals surface area contributed by atoms with Gasteiger partial charge in [-0.2, -0.15) is 0 Å². The number of ether oxygens (including phenoxy) is 1. The van der Waals surface area contributed by atoms with Gasteiger partial charge in [-0.15, -0.1) is 0 Å². The first-order chi connectivity index (χ1) is 10.7. The third kappa shape index (κ3) is 2.87. The molecule has 4 nitrogen and oxygen atoms in total. The van der Waals surface area contributed by atoms with Gasteiger partial charge >= 0.3 is 0 Å². The maximum Gasteiger partial charge on any atom is 0.221 e. The number of carbonyl (C=O) groups is 1. The van der Waals surface area contributed by atoms with Crippen molar-refractivity contribution in [2.45, 2.75) is 0 Å². The highest BCUT2D eigenvalue weighted by atomic mass is 35.5. The quantitative estimate of drug-likeness (QED) is 0.407. The minimum absolute atomic E-state index is 0.226. The molecule has 0 atom stereocenters. The van der Waals surface area contributed by atoms with Gasteiger partial charge in [0.2, 0.25) is 5.78 Å². The van der Waals surface area contributed by atoms with Gasteiger partial charge in [0, 0.05) is 17.0 Å². The van der Waals surface area contributed by atoms with Crippen molar-refractivity contribution < 1.29 is 13.9 Å². The number of rotatable bonds is 4. The molecule has 110 valence electrons. The van der Waals surface area contributed by atoms with E-state index in [4.69, 9.17) is 20.8 Å². The number of halogens is 1. The Morgan fingerprint density at radius 2 is 2.18 bits per heavy atom. The molecular weight excluding hydrogens is 302 g/mol. The smallest absolute Gasteiger partial charge is 0.221 e. The molecular formula is C17H12ClNO3. The molecule has 0 aliphatic carbocycles. The number of fused-ring (bicyclic) bond motifs is 1. The number of carbonyl (C=O) groups excluding carboxylic acids is 1. The summed E-state index contributed by atoms with van der Waals surface area (Å²) in [6, 6.07) is 10.7. The highest BCUT2D eigenvalue weighted by molar-refractivity contribution is 6.31. The number of hydrogen-bond acceptors (Lipinski definition) is 4. The van der Waals surface area contributed by atoms with Crippen LogP contribution in [0, 0.1) is 0 Å². The first-order valence-corrected chi connectivity index (χ1v) is 6.95. The van der Waals surface area contributed by atoms with Gasteiger partial charge in [0.15, 0.2) is 5.76 Å². The largest absolute Gasteiger partial charge is 0.497 e. The van der Waals surface area contributed by atoms with Gasteiger partial charge in [0.25, 0.3) is 0 Å². The van der Waals surface area contributed by atoms with Crippen LogP contribution in [0.1, 0.15) is 16.1 Å². The lowest BCUT2D eigenvalue weighted by Gasteiger charge is -2.04. The molecule has 22 heavy (non-hydrogen) atoms. The van der Waals surface area contributed by atoms with Crippen LogP contribution in [0.25, 0.3) is 17.0 Å². The Bertz CT molecular complexity index is 854. The molecule has 3 aromatic rings. The van der Waals surface area contributed by atoms with Gasteiger partial charge < -0.3 is 9.15 Å². The lowest BCUT2D eigenvalue weighted by Crippen LogP contribution is -1.91. The summed E-state index contributed by atoms with van der Waals surface area (Å²) in [5.41, 5.74) is 1.40. The van der Waals surface area contributed by atoms with E-state index in [0.717, 1.165) is 10.9 Å². The maximum atomic E-state index is 11.9. The first kappa shape index (κ1) is 14.4. The topological polar surface area (TPSA) is 52.3 Å². The third-order valence-corrected chi connectivity index (χ3v) is 3.49. The average Bonchev–Trinajstić information content (AvgIpc) is 3.06. The van der Waals surface area contributed by atoms with Crippen LogP contribution in [-0.2, 0) is 0 Å². The molecule has 0 unspecified atom stereocenters. The molecule has 2 aromatic heterocycles. The van der Waals surface area contributed by atoms with Crippen LogP contribution < -0.4 is 4.74 Å². The fourth-order valence-corrected chi connectivity index (χ4v) is 2.26. The molecule has 5 heteroatoms. The number of hydrogen-bond donors (Lipinski definition) is 0. The number of aromatic nitrogens is 1. The predicted molar refractivity (Wildman–Crippen MR) is 85.4 cm³/mol. The summed E-state index contributed by atoms with van der Waals surface area (Å²) in [5.74, 6) is 0.772. The molecule has 1 aromatic carbocycles. The molecule has 0 radical (unpaired) electrons. The standard InChI is InChI=1S/C17H12ClNO3/c1-21-13-6-4-11-9-12(17(18)19-14(11)10-13)5-7-15(20)16-3-2-8-22-16/h2-10H,1H3/b7-5+. The van der Waals surface area contributed by atoms with Crippen LogP contribution in [0.15, 0.2) is 53.2 Å². The molecule has 0 bridgehead atoms. The third-order valence-electron chi connectivity index (χ3n) is 3.18. The van der Waals surface area contributed by atoms with E-state index in [1.807, 2.05) is 24.3 Å². The Balaban J connectivity index is 1.94. The zero-order chi connectivity index (χ0) is 15.5. The predicted octanol–water partition coefficient (Wildman–Crippen LogP) is 4.39. The first-order valence-electron chi connectivity index (χ1n) is 6.57. The average molecular weight is 314 g/mol. The SMILES string of the molecule is COc1ccc2cc(/C=C/C(=O)c3ccco3)c(Cl)nc2c1. The molecule has 0 saturated carbocycles. The van der Waals surface area contributed by atoms with Crippen molar-refractivity contribution in [3.8, 4) is 5.75 Å². The van der Waals surface area contributed by atoms with Crippen molar-refractivity contribution in [3.05, 3.63) is 65.2 Å². The number of pyridine rings is 1. The second kappa shape index (κ2) is 6.03. The molecule has 3 rings (SSSR count). The van der Waals surface area contributed by atoms with Crippen molar-refractivity contribution in [1.82, 2.24) is 4.98 Å². The van der Waals surface area contributed by atoms with Crippen LogP contribution >= 0.6 is 11.6 Å². The summed E-state index contributed by atoms with van der Waals surface area (Å²) < 4.78 is 10.2. The van der Waals surface area contributed by atoms with Gasteiger partial charge in [-0.05, 0) is 42.5 Å². The van der Waals surface area contributed by atoms with E-state index in [-0.39, 0.29) is 11.5 Å². The van der Waals surface area contributed by atoms with Crippen molar-refractivity contribution >= 4 is 34.4 Å². The summed E-state index contributed by atoms with van der Waals surface area (Å²) in [7, 11) is 1.60. The molecule has 0 fully saturated rings. The molecule has 2 heterocycles. The number of nitrogens with zero attached hydrogens (tertiary/aromatic N) is 1. The number of furan rings is 1. The van der Waals surface area contributed by atoms with E-state index in [1.54, 1.807) is 25.3 Å². The molecule has 0 N–H and O–H groups in total. The maximum absolute atomic E-state index is 11.9. The van der Waals surface area contributed by atoms with Gasteiger partial charge in [0.05, 0.1) is 18.9 Å². The number of methoxy groups -OCH3 is 1. The Morgan fingerprint density at radius 1 is 1.32 bits per heavy atom. The lowest BCUT2D eigenvalue weighted by molar-refractivity contribution is 0.102. The minimum atomic E-state index is -0.226. The van der Waals surface area contributed by atoms with E-state index in [1.165, 1.54) is 12.3 Å². The molecule has 0 saturated heterocycles. The van der Waals surface area contributed by atoms with Crippen LogP contribution in [0.4, 0.5) is 0 Å². The Kier molecular flexibility index (Phi) is 3.94. The van der Waals surface area contributed by atoms with E-state index < -0.39 is 0 Å². The Hall–Kier alpha value is -2.59. The van der Waals surface area contributed by atoms with E-state index in [2.05, 4.69) is 4.98 Å². The fourth-order valence-electron chi connectivity index (χ4n) is 2.05. The lowest BCUT2D eigenvalue weighted by atomic mass is 10.1. The zero-order valence-corrected chi connectivity index (χ0v) is 12.5. The second-order valence-electron chi connectivity index (χ2n) is 4.60. The molecule has 0 spiro atoms. The minimum Gasteiger partial charge on any atom is -0.497 e. The monoisotopic (exact) mass is 313 g/mol. The van der Waals surface area contributed by atoms with Gasteiger partial charge in [-0.25, -0.2) is 4.98 Å². The van der Waals surface area contributed by atoms with Crippen LogP contribution in [0.2, 0.25) is 5.15 Å². The highest BCUT2D eigenvalue weighted by Crippen LogP contribution is 2.25. The van der Waals surface area contributed by atoms with Crippen molar-refractivity contribution in [1.29, 1.82) is 0 Å². The second-order valence-corrected chi connectivity index (χ2v) is 4.96.